The van der Waals surface area contributed by atoms with E-state index in [4.69, 9.17) is 4.74 Å². The summed E-state index contributed by atoms with van der Waals surface area (Å²) in [6, 6.07) is 20.4. The molecule has 0 bridgehead atoms. The summed E-state index contributed by atoms with van der Waals surface area (Å²) in [6.45, 7) is -0.0909. The molecule has 0 heterocycles. The molecule has 0 aliphatic heterocycles. The number of anilines is 1. The van der Waals surface area contributed by atoms with Crippen molar-refractivity contribution in [3.05, 3.63) is 72.3 Å². The van der Waals surface area contributed by atoms with Crippen molar-refractivity contribution >= 4 is 28.3 Å². The van der Waals surface area contributed by atoms with E-state index in [0.717, 1.165) is 10.8 Å². The lowest BCUT2D eigenvalue weighted by Gasteiger charge is -2.12. The molecule has 0 aliphatic carbocycles. The molecule has 0 spiro atoms. The zero-order valence-corrected chi connectivity index (χ0v) is 14.7. The number of ether oxygens (including phenoxy) is 1. The zero-order valence-electron chi connectivity index (χ0n) is 14.7. The van der Waals surface area contributed by atoms with Crippen LogP contribution in [0.25, 0.3) is 10.8 Å². The maximum Gasteiger partial charge on any atom is 0.262 e. The van der Waals surface area contributed by atoms with Gasteiger partial charge in [-0.05, 0) is 35.7 Å². The van der Waals surface area contributed by atoms with Gasteiger partial charge in [-0.3, -0.25) is 9.59 Å². The highest BCUT2D eigenvalue weighted by Crippen LogP contribution is 2.25. The molecule has 0 radical (unpaired) electrons. The molecular formula is C21H20N2O3. The van der Waals surface area contributed by atoms with Crippen molar-refractivity contribution in [1.82, 2.24) is 4.90 Å². The van der Waals surface area contributed by atoms with Crippen molar-refractivity contribution in [2.75, 3.05) is 26.0 Å². The van der Waals surface area contributed by atoms with Crippen LogP contribution in [-0.4, -0.2) is 37.4 Å². The van der Waals surface area contributed by atoms with Crippen molar-refractivity contribution < 1.29 is 14.3 Å². The van der Waals surface area contributed by atoms with Crippen LogP contribution in [0.2, 0.25) is 0 Å². The quantitative estimate of drug-likeness (QED) is 0.767. The minimum atomic E-state index is -0.260. The molecule has 5 nitrogen and oxygen atoms in total. The molecule has 132 valence electrons. The van der Waals surface area contributed by atoms with Gasteiger partial charge >= 0.3 is 0 Å². The lowest BCUT2D eigenvalue weighted by atomic mass is 10.1. The van der Waals surface area contributed by atoms with Gasteiger partial charge in [0.2, 0.25) is 0 Å². The van der Waals surface area contributed by atoms with Crippen molar-refractivity contribution in [3.63, 3.8) is 0 Å². The van der Waals surface area contributed by atoms with E-state index in [2.05, 4.69) is 5.32 Å². The maximum atomic E-state index is 12.1. The van der Waals surface area contributed by atoms with Crippen molar-refractivity contribution in [2.45, 2.75) is 0 Å². The van der Waals surface area contributed by atoms with E-state index in [1.807, 2.05) is 42.5 Å². The van der Waals surface area contributed by atoms with Gasteiger partial charge in [0.1, 0.15) is 5.75 Å². The Balaban J connectivity index is 1.61. The Bertz CT molecular complexity index is 928. The second-order valence-corrected chi connectivity index (χ2v) is 6.09. The number of rotatable bonds is 5. The summed E-state index contributed by atoms with van der Waals surface area (Å²) in [5, 5.41) is 4.80. The third kappa shape index (κ3) is 4.00. The summed E-state index contributed by atoms with van der Waals surface area (Å²) in [7, 11) is 3.39. The standard InChI is InChI=1S/C21H20N2O3/c1-23(2)21(25)16-10-12-17(13-11-16)22-20(24)14-26-19-9-5-7-15-6-3-4-8-18(15)19/h3-13H,14H2,1-2H3,(H,22,24). The van der Waals surface area contributed by atoms with Crippen molar-refractivity contribution in [1.29, 1.82) is 0 Å². The van der Waals surface area contributed by atoms with Gasteiger partial charge in [-0.1, -0.05) is 36.4 Å². The van der Waals surface area contributed by atoms with Crippen molar-refractivity contribution in [3.8, 4) is 5.75 Å². The fourth-order valence-electron chi connectivity index (χ4n) is 2.62. The minimum absolute atomic E-state index is 0.0813. The highest BCUT2D eigenvalue weighted by atomic mass is 16.5. The van der Waals surface area contributed by atoms with Crippen LogP contribution in [0.5, 0.6) is 5.75 Å². The molecule has 0 aromatic heterocycles. The molecule has 3 rings (SSSR count). The molecule has 0 aliphatic rings. The van der Waals surface area contributed by atoms with Crippen molar-refractivity contribution in [2.24, 2.45) is 0 Å². The summed E-state index contributed by atoms with van der Waals surface area (Å²) in [4.78, 5) is 25.5. The number of nitrogens with zero attached hydrogens (tertiary/aromatic N) is 1. The molecule has 0 unspecified atom stereocenters. The van der Waals surface area contributed by atoms with Gasteiger partial charge in [0.15, 0.2) is 6.61 Å². The topological polar surface area (TPSA) is 58.6 Å². The summed E-state index contributed by atoms with van der Waals surface area (Å²) in [5.74, 6) is 0.331. The van der Waals surface area contributed by atoms with E-state index in [1.54, 1.807) is 38.4 Å². The molecular weight excluding hydrogens is 328 g/mol. The van der Waals surface area contributed by atoms with Gasteiger partial charge in [0.05, 0.1) is 0 Å². The predicted molar refractivity (Wildman–Crippen MR) is 103 cm³/mol. The first-order valence-electron chi connectivity index (χ1n) is 8.27. The molecule has 0 saturated heterocycles. The van der Waals surface area contributed by atoms with Gasteiger partial charge < -0.3 is 15.0 Å². The SMILES string of the molecule is CN(C)C(=O)c1ccc(NC(=O)COc2cccc3ccccc23)cc1. The lowest BCUT2D eigenvalue weighted by Crippen LogP contribution is -2.22. The molecule has 1 N–H and O–H groups in total. The molecule has 5 heteroatoms. The Morgan fingerprint density at radius 1 is 0.923 bits per heavy atom. The van der Waals surface area contributed by atoms with E-state index in [0.29, 0.717) is 17.0 Å². The number of fused-ring (bicyclic) bond motifs is 1. The second kappa shape index (κ2) is 7.70. The van der Waals surface area contributed by atoms with E-state index < -0.39 is 0 Å². The largest absolute Gasteiger partial charge is 0.483 e. The zero-order chi connectivity index (χ0) is 18.5. The third-order valence-electron chi connectivity index (χ3n) is 3.93. The van der Waals surface area contributed by atoms with Gasteiger partial charge in [-0.25, -0.2) is 0 Å². The predicted octanol–water partition coefficient (Wildman–Crippen LogP) is 3.56. The first kappa shape index (κ1) is 17.5. The highest BCUT2D eigenvalue weighted by Gasteiger charge is 2.09. The molecule has 0 atom stereocenters. The van der Waals surface area contributed by atoms with Crippen LogP contribution in [0.15, 0.2) is 66.7 Å². The number of amides is 2. The Morgan fingerprint density at radius 3 is 2.35 bits per heavy atom. The molecule has 0 saturated carbocycles. The second-order valence-electron chi connectivity index (χ2n) is 6.09. The van der Waals surface area contributed by atoms with Crippen LogP contribution in [0.3, 0.4) is 0 Å². The first-order chi connectivity index (χ1) is 12.5. The molecule has 2 amide bonds. The Kier molecular flexibility index (Phi) is 5.17. The Morgan fingerprint density at radius 2 is 1.62 bits per heavy atom. The van der Waals surface area contributed by atoms with E-state index >= 15 is 0 Å². The van der Waals surface area contributed by atoms with E-state index in [-0.39, 0.29) is 18.4 Å². The Hall–Kier alpha value is -3.34. The summed E-state index contributed by atoms with van der Waals surface area (Å²) >= 11 is 0. The third-order valence-corrected chi connectivity index (χ3v) is 3.93. The smallest absolute Gasteiger partial charge is 0.262 e. The number of hydrogen-bond acceptors (Lipinski definition) is 3. The number of carbonyl (C=O) groups excluding carboxylic acids is 2. The van der Waals surface area contributed by atoms with Crippen LogP contribution in [-0.2, 0) is 4.79 Å². The maximum absolute atomic E-state index is 12.1. The van der Waals surface area contributed by atoms with Crippen LogP contribution in [0, 0.1) is 0 Å². The average Bonchev–Trinajstić information content (AvgIpc) is 2.66. The van der Waals surface area contributed by atoms with Gasteiger partial charge in [0, 0.05) is 30.7 Å². The van der Waals surface area contributed by atoms with Crippen LogP contribution in [0.4, 0.5) is 5.69 Å². The van der Waals surface area contributed by atoms with Gasteiger partial charge in [0.25, 0.3) is 11.8 Å². The van der Waals surface area contributed by atoms with Gasteiger partial charge in [-0.2, -0.15) is 0 Å². The number of carbonyl (C=O) groups is 2. The summed E-state index contributed by atoms with van der Waals surface area (Å²) in [5.41, 5.74) is 1.19. The number of hydrogen-bond donors (Lipinski definition) is 1. The summed E-state index contributed by atoms with van der Waals surface area (Å²) < 4.78 is 5.67. The molecule has 3 aromatic carbocycles. The lowest BCUT2D eigenvalue weighted by molar-refractivity contribution is -0.118. The normalized spacial score (nSPS) is 10.4. The minimum Gasteiger partial charge on any atom is -0.483 e. The molecule has 3 aromatic rings. The van der Waals surface area contributed by atoms with Crippen LogP contribution >= 0.6 is 0 Å². The highest BCUT2D eigenvalue weighted by molar-refractivity contribution is 5.96. The average molecular weight is 348 g/mol. The fourth-order valence-corrected chi connectivity index (χ4v) is 2.62. The monoisotopic (exact) mass is 348 g/mol. The number of benzene rings is 3. The molecule has 0 fully saturated rings. The number of nitrogens with one attached hydrogen (secondary N) is 1. The summed E-state index contributed by atoms with van der Waals surface area (Å²) in [6.07, 6.45) is 0. The van der Waals surface area contributed by atoms with Crippen LogP contribution < -0.4 is 10.1 Å². The first-order valence-corrected chi connectivity index (χ1v) is 8.27. The van der Waals surface area contributed by atoms with E-state index in [1.165, 1.54) is 4.90 Å². The van der Waals surface area contributed by atoms with Gasteiger partial charge in [-0.15, -0.1) is 0 Å². The fraction of sp³-hybridized carbons (Fsp3) is 0.143. The molecule has 26 heavy (non-hydrogen) atoms. The van der Waals surface area contributed by atoms with Crippen LogP contribution in [0.1, 0.15) is 10.4 Å². The Labute approximate surface area is 152 Å². The van der Waals surface area contributed by atoms with E-state index in [9.17, 15) is 9.59 Å².